The highest BCUT2D eigenvalue weighted by molar-refractivity contribution is 6.27. The van der Waals surface area contributed by atoms with Crippen LogP contribution in [0.4, 0.5) is 0 Å². The highest BCUT2D eigenvalue weighted by Gasteiger charge is 2.04. The third-order valence-electron chi connectivity index (χ3n) is 0.554. The van der Waals surface area contributed by atoms with E-state index in [-0.39, 0.29) is 12.8 Å². The molecular formula is C9H14O15. The zero-order chi connectivity index (χ0) is 20.7. The van der Waals surface area contributed by atoms with Crippen LogP contribution in [0.5, 0.6) is 0 Å². The first-order valence-corrected chi connectivity index (χ1v) is 4.75. The van der Waals surface area contributed by atoms with Crippen LogP contribution in [-0.4, -0.2) is 96.7 Å². The average molecular weight is 362 g/mol. The predicted molar refractivity (Wildman–Crippen MR) is 67.1 cm³/mol. The lowest BCUT2D eigenvalue weighted by Crippen LogP contribution is -2.09. The number of carboxylic acid groups (broad SMARTS) is 6. The van der Waals surface area contributed by atoms with E-state index < -0.39 is 43.1 Å². The van der Waals surface area contributed by atoms with Gasteiger partial charge >= 0.3 is 29.8 Å². The summed E-state index contributed by atoms with van der Waals surface area (Å²) in [5, 5.41) is 59.1. The minimum Gasteiger partial charge on any atom is -0.483 e. The SMILES string of the molecule is O=C(O)C(=O)O.O=C(O)CO.O=C(O)CO.O=CC(=O)O.O=CO. The summed E-state index contributed by atoms with van der Waals surface area (Å²) in [5.41, 5.74) is 0. The Labute approximate surface area is 131 Å². The van der Waals surface area contributed by atoms with Gasteiger partial charge in [-0.1, -0.05) is 0 Å². The van der Waals surface area contributed by atoms with Gasteiger partial charge in [0, 0.05) is 0 Å². The molecule has 24 heavy (non-hydrogen) atoms. The van der Waals surface area contributed by atoms with Crippen LogP contribution in [0.25, 0.3) is 0 Å². The Balaban J connectivity index is -0.0000000636. The van der Waals surface area contributed by atoms with Crippen molar-refractivity contribution in [2.24, 2.45) is 0 Å². The van der Waals surface area contributed by atoms with Crippen LogP contribution in [0.3, 0.4) is 0 Å². The number of carboxylic acids is 5. The van der Waals surface area contributed by atoms with Gasteiger partial charge in [0.05, 0.1) is 0 Å². The number of carbonyl (C=O) groups is 7. The fraction of sp³-hybridized carbons (Fsp3) is 0.222. The predicted octanol–water partition coefficient (Wildman–Crippen LogP) is -3.75. The van der Waals surface area contributed by atoms with Gasteiger partial charge in [-0.25, -0.2) is 24.0 Å². The van der Waals surface area contributed by atoms with Crippen molar-refractivity contribution in [3.05, 3.63) is 0 Å². The van der Waals surface area contributed by atoms with Crippen LogP contribution in [0.1, 0.15) is 0 Å². The Morgan fingerprint density at radius 1 is 0.667 bits per heavy atom. The summed E-state index contributed by atoms with van der Waals surface area (Å²) in [6, 6.07) is 0. The van der Waals surface area contributed by atoms with Crippen LogP contribution < -0.4 is 0 Å². The molecule has 15 heteroatoms. The molecule has 140 valence electrons. The standard InChI is InChI=1S/C2H2O4.2C2H4O3.C2H2O3.CH2O2/c3-1(4)2(5)6;3*3-1-2(4)5;2-1-3/h(H,3,4)(H,5,6);2*3H,1H2,(H,4,5);1H,(H,4,5);1H,(H,2,3). The molecule has 0 aliphatic carbocycles. The zero-order valence-corrected chi connectivity index (χ0v) is 11.5. The van der Waals surface area contributed by atoms with Gasteiger partial charge in [-0.05, 0) is 0 Å². The molecule has 0 fully saturated rings. The molecule has 0 aromatic carbocycles. The van der Waals surface area contributed by atoms with Crippen molar-refractivity contribution in [1.82, 2.24) is 0 Å². The maximum Gasteiger partial charge on any atom is 0.414 e. The molecule has 8 N–H and O–H groups in total. The smallest absolute Gasteiger partial charge is 0.414 e. The first-order valence-electron chi connectivity index (χ1n) is 4.75. The van der Waals surface area contributed by atoms with Gasteiger partial charge in [-0.3, -0.25) is 9.59 Å². The monoisotopic (exact) mass is 362 g/mol. The Kier molecular flexibility index (Phi) is 37.4. The molecule has 0 aromatic heterocycles. The largest absolute Gasteiger partial charge is 0.483 e. The summed E-state index contributed by atoms with van der Waals surface area (Å²) >= 11 is 0. The molecule has 0 spiro atoms. The fourth-order valence-corrected chi connectivity index (χ4v) is 0. The van der Waals surface area contributed by atoms with Crippen molar-refractivity contribution in [3.8, 4) is 0 Å². The number of aliphatic carboxylic acids is 5. The molecule has 0 saturated heterocycles. The summed E-state index contributed by atoms with van der Waals surface area (Å²) in [6.45, 7) is -1.81. The van der Waals surface area contributed by atoms with E-state index in [1.807, 2.05) is 0 Å². The molecule has 0 rings (SSSR count). The number of carbonyl (C=O) groups excluding carboxylic acids is 1. The molecule has 0 aliphatic heterocycles. The Bertz CT molecular complexity index is 372. The lowest BCUT2D eigenvalue weighted by Gasteiger charge is -1.72. The zero-order valence-electron chi connectivity index (χ0n) is 11.5. The number of hydrogen-bond acceptors (Lipinski definition) is 9. The van der Waals surface area contributed by atoms with E-state index >= 15 is 0 Å². The molecule has 0 aliphatic rings. The van der Waals surface area contributed by atoms with Gasteiger partial charge in [-0.15, -0.1) is 0 Å². The van der Waals surface area contributed by atoms with Crippen molar-refractivity contribution in [2.75, 3.05) is 13.2 Å². The van der Waals surface area contributed by atoms with Crippen molar-refractivity contribution >= 4 is 42.6 Å². The van der Waals surface area contributed by atoms with Gasteiger partial charge in [0.2, 0.25) is 6.29 Å². The minimum absolute atomic E-state index is 0.167. The molecular weight excluding hydrogens is 348 g/mol. The van der Waals surface area contributed by atoms with Gasteiger partial charge in [0.1, 0.15) is 13.2 Å². The normalized spacial score (nSPS) is 6.75. The molecule has 0 bridgehead atoms. The van der Waals surface area contributed by atoms with E-state index in [1.165, 1.54) is 0 Å². The van der Waals surface area contributed by atoms with Crippen molar-refractivity contribution < 1.29 is 74.4 Å². The summed E-state index contributed by atoms with van der Waals surface area (Å²) in [4.78, 5) is 62.7. The van der Waals surface area contributed by atoms with Crippen LogP contribution in [0, 0.1) is 0 Å². The first-order chi connectivity index (χ1) is 10.9. The van der Waals surface area contributed by atoms with Crippen LogP contribution in [0.2, 0.25) is 0 Å². The van der Waals surface area contributed by atoms with Gasteiger partial charge in [-0.2, -0.15) is 0 Å². The molecule has 0 radical (unpaired) electrons. The molecule has 15 nitrogen and oxygen atoms in total. The lowest BCUT2D eigenvalue weighted by atomic mass is 10.7. The maximum absolute atomic E-state index is 9.12. The van der Waals surface area contributed by atoms with Crippen molar-refractivity contribution in [2.45, 2.75) is 0 Å². The second-order valence-corrected chi connectivity index (χ2v) is 2.28. The molecule has 0 heterocycles. The van der Waals surface area contributed by atoms with Crippen LogP contribution in [0.15, 0.2) is 0 Å². The molecule has 0 saturated carbocycles. The summed E-state index contributed by atoms with van der Waals surface area (Å²) in [6.07, 6.45) is -0.167. The molecule has 0 amide bonds. The average Bonchev–Trinajstić information content (AvgIpc) is 2.49. The van der Waals surface area contributed by atoms with Gasteiger partial charge in [0.25, 0.3) is 6.47 Å². The molecule has 0 aromatic rings. The fourth-order valence-electron chi connectivity index (χ4n) is 0. The minimum atomic E-state index is -1.82. The lowest BCUT2D eigenvalue weighted by molar-refractivity contribution is -0.159. The van der Waals surface area contributed by atoms with E-state index in [0.29, 0.717) is 0 Å². The van der Waals surface area contributed by atoms with Crippen LogP contribution in [-0.2, 0) is 33.6 Å². The number of aldehydes is 1. The summed E-state index contributed by atoms with van der Waals surface area (Å²) in [7, 11) is 0. The van der Waals surface area contributed by atoms with E-state index in [0.717, 1.165) is 0 Å². The Morgan fingerprint density at radius 3 is 0.792 bits per heavy atom. The van der Waals surface area contributed by atoms with E-state index in [2.05, 4.69) is 0 Å². The molecule has 0 unspecified atom stereocenters. The number of aliphatic hydroxyl groups is 2. The first kappa shape index (κ1) is 32.4. The van der Waals surface area contributed by atoms with E-state index in [1.54, 1.807) is 0 Å². The summed E-state index contributed by atoms with van der Waals surface area (Å²) < 4.78 is 0. The number of rotatable bonds is 3. The number of aliphatic hydroxyl groups excluding tert-OH is 2. The van der Waals surface area contributed by atoms with E-state index in [4.69, 9.17) is 74.4 Å². The topological polar surface area (TPSA) is 281 Å². The Morgan fingerprint density at radius 2 is 0.792 bits per heavy atom. The second kappa shape index (κ2) is 27.7. The molecule has 0 atom stereocenters. The summed E-state index contributed by atoms with van der Waals surface area (Å²) in [5.74, 6) is -7.45. The third kappa shape index (κ3) is 136. The third-order valence-corrected chi connectivity index (χ3v) is 0.554. The maximum atomic E-state index is 9.12. The van der Waals surface area contributed by atoms with Gasteiger partial charge in [0.15, 0.2) is 0 Å². The highest BCUT2D eigenvalue weighted by atomic mass is 16.4. The number of hydrogen-bond donors (Lipinski definition) is 8. The van der Waals surface area contributed by atoms with Crippen molar-refractivity contribution in [1.29, 1.82) is 0 Å². The quantitative estimate of drug-likeness (QED) is 0.177. The van der Waals surface area contributed by atoms with Crippen LogP contribution >= 0.6 is 0 Å². The Hall–Kier alpha value is -3.59. The van der Waals surface area contributed by atoms with E-state index in [9.17, 15) is 0 Å². The van der Waals surface area contributed by atoms with Gasteiger partial charge < -0.3 is 40.9 Å². The highest BCUT2D eigenvalue weighted by Crippen LogP contribution is 1.56. The van der Waals surface area contributed by atoms with Crippen molar-refractivity contribution in [3.63, 3.8) is 0 Å². The second-order valence-electron chi connectivity index (χ2n) is 2.28.